The first-order chi connectivity index (χ1) is 9.62. The van der Waals surface area contributed by atoms with E-state index in [2.05, 4.69) is 34.2 Å². The molecule has 1 aromatic heterocycles. The second-order valence-electron chi connectivity index (χ2n) is 7.01. The number of hydrogen-bond donors (Lipinski definition) is 1. The number of aromatic nitrogens is 2. The van der Waals surface area contributed by atoms with Gasteiger partial charge < -0.3 is 9.84 Å². The van der Waals surface area contributed by atoms with E-state index in [0.29, 0.717) is 11.3 Å². The molecular weight excluding hydrogens is 252 g/mol. The van der Waals surface area contributed by atoms with Crippen LogP contribution >= 0.6 is 0 Å². The van der Waals surface area contributed by atoms with Crippen molar-refractivity contribution in [2.45, 2.75) is 52.0 Å². The highest BCUT2D eigenvalue weighted by Crippen LogP contribution is 2.41. The average Bonchev–Trinajstić information content (AvgIpc) is 2.88. The minimum absolute atomic E-state index is 0.490. The van der Waals surface area contributed by atoms with Crippen LogP contribution in [0.25, 0.3) is 0 Å². The van der Waals surface area contributed by atoms with Crippen molar-refractivity contribution in [2.24, 2.45) is 5.41 Å². The Labute approximate surface area is 121 Å². The van der Waals surface area contributed by atoms with Crippen molar-refractivity contribution in [1.29, 1.82) is 0 Å². The van der Waals surface area contributed by atoms with Crippen LogP contribution in [-0.2, 0) is 6.54 Å². The molecule has 5 heteroatoms. The van der Waals surface area contributed by atoms with Crippen LogP contribution in [0.15, 0.2) is 4.52 Å². The van der Waals surface area contributed by atoms with Crippen LogP contribution in [0.4, 0.5) is 0 Å². The zero-order chi connectivity index (χ0) is 14.0. The van der Waals surface area contributed by atoms with Crippen molar-refractivity contribution < 1.29 is 4.52 Å². The normalized spacial score (nSPS) is 24.9. The van der Waals surface area contributed by atoms with Gasteiger partial charge in [-0.1, -0.05) is 19.0 Å². The van der Waals surface area contributed by atoms with Crippen LogP contribution in [0.2, 0.25) is 0 Å². The lowest BCUT2D eigenvalue weighted by Gasteiger charge is -2.32. The molecule has 1 aromatic rings. The number of nitrogens with one attached hydrogen (secondary N) is 1. The second-order valence-corrected chi connectivity index (χ2v) is 7.01. The predicted octanol–water partition coefficient (Wildman–Crippen LogP) is 2.16. The third kappa shape index (κ3) is 3.38. The van der Waals surface area contributed by atoms with E-state index in [4.69, 9.17) is 4.52 Å². The molecule has 2 aliphatic rings. The quantitative estimate of drug-likeness (QED) is 0.918. The summed E-state index contributed by atoms with van der Waals surface area (Å²) in [7, 11) is 0. The molecule has 1 saturated carbocycles. The fraction of sp³-hybridized carbons (Fsp3) is 0.867. The Hall–Kier alpha value is -0.940. The molecule has 2 heterocycles. The topological polar surface area (TPSA) is 54.2 Å². The van der Waals surface area contributed by atoms with Crippen molar-refractivity contribution in [3.8, 4) is 0 Å². The van der Waals surface area contributed by atoms with Crippen LogP contribution in [0.1, 0.15) is 57.2 Å². The summed E-state index contributed by atoms with van der Waals surface area (Å²) in [5, 5.41) is 7.58. The second kappa shape index (κ2) is 5.82. The van der Waals surface area contributed by atoms with Gasteiger partial charge in [0.05, 0.1) is 6.54 Å². The van der Waals surface area contributed by atoms with Crippen molar-refractivity contribution in [3.63, 3.8) is 0 Å². The van der Waals surface area contributed by atoms with Crippen molar-refractivity contribution in [3.05, 3.63) is 11.7 Å². The average molecular weight is 278 g/mol. The molecule has 0 unspecified atom stereocenters. The Balaban J connectivity index is 1.56. The summed E-state index contributed by atoms with van der Waals surface area (Å²) >= 11 is 0. The largest absolute Gasteiger partial charge is 0.338 e. The van der Waals surface area contributed by atoms with E-state index >= 15 is 0 Å². The third-order valence-electron chi connectivity index (χ3n) is 4.76. The van der Waals surface area contributed by atoms with Gasteiger partial charge in [0.15, 0.2) is 5.82 Å². The van der Waals surface area contributed by atoms with E-state index in [1.54, 1.807) is 0 Å². The monoisotopic (exact) mass is 278 g/mol. The molecule has 1 N–H and O–H groups in total. The molecule has 0 amide bonds. The van der Waals surface area contributed by atoms with Gasteiger partial charge in [0, 0.05) is 32.1 Å². The van der Waals surface area contributed by atoms with E-state index < -0.39 is 0 Å². The van der Waals surface area contributed by atoms with Gasteiger partial charge in [-0.3, -0.25) is 4.90 Å². The van der Waals surface area contributed by atoms with Crippen LogP contribution in [0, 0.1) is 5.41 Å². The van der Waals surface area contributed by atoms with Gasteiger partial charge in [0.25, 0.3) is 0 Å². The highest BCUT2D eigenvalue weighted by Gasteiger charge is 2.30. The Morgan fingerprint density at radius 1 is 1.25 bits per heavy atom. The van der Waals surface area contributed by atoms with Crippen LogP contribution < -0.4 is 5.32 Å². The summed E-state index contributed by atoms with van der Waals surface area (Å²) in [5.74, 6) is 2.22. The first-order valence-corrected chi connectivity index (χ1v) is 7.88. The number of hydrogen-bond acceptors (Lipinski definition) is 5. The highest BCUT2D eigenvalue weighted by atomic mass is 16.5. The standard InChI is InChI=1S/C15H26N4O/c1-15(2)5-3-12(4-6-15)14-17-13(20-18-14)11-19-9-7-16-8-10-19/h12,16H,3-11H2,1-2H3. The minimum Gasteiger partial charge on any atom is -0.338 e. The molecule has 0 aromatic carbocycles. The Morgan fingerprint density at radius 3 is 2.65 bits per heavy atom. The van der Waals surface area contributed by atoms with Gasteiger partial charge in [0.1, 0.15) is 0 Å². The molecule has 0 radical (unpaired) electrons. The molecule has 0 atom stereocenters. The Bertz CT molecular complexity index is 427. The molecule has 0 bridgehead atoms. The highest BCUT2D eigenvalue weighted by molar-refractivity contribution is 4.99. The SMILES string of the molecule is CC1(C)CCC(c2noc(CN3CCNCC3)n2)CC1. The van der Waals surface area contributed by atoms with Crippen LogP contribution in [-0.4, -0.2) is 41.2 Å². The zero-order valence-corrected chi connectivity index (χ0v) is 12.7. The van der Waals surface area contributed by atoms with Crippen molar-refractivity contribution >= 4 is 0 Å². The maximum absolute atomic E-state index is 5.45. The van der Waals surface area contributed by atoms with Gasteiger partial charge in [0.2, 0.25) is 5.89 Å². The van der Waals surface area contributed by atoms with E-state index in [1.165, 1.54) is 25.7 Å². The number of piperazine rings is 1. The number of rotatable bonds is 3. The molecular formula is C15H26N4O. The molecule has 112 valence electrons. The smallest absolute Gasteiger partial charge is 0.240 e. The molecule has 1 aliphatic heterocycles. The maximum atomic E-state index is 5.45. The Morgan fingerprint density at radius 2 is 1.95 bits per heavy atom. The molecule has 2 fully saturated rings. The van der Waals surface area contributed by atoms with Crippen molar-refractivity contribution in [2.75, 3.05) is 26.2 Å². The fourth-order valence-electron chi connectivity index (χ4n) is 3.22. The van der Waals surface area contributed by atoms with Gasteiger partial charge in [-0.25, -0.2) is 0 Å². The summed E-state index contributed by atoms with van der Waals surface area (Å²) in [6.45, 7) is 9.75. The van der Waals surface area contributed by atoms with E-state index in [0.717, 1.165) is 44.4 Å². The molecule has 1 saturated heterocycles. The molecule has 0 spiro atoms. The van der Waals surface area contributed by atoms with E-state index in [1.807, 2.05) is 0 Å². The summed E-state index contributed by atoms with van der Waals surface area (Å²) in [5.41, 5.74) is 0.490. The predicted molar refractivity (Wildman–Crippen MR) is 77.4 cm³/mol. The lowest BCUT2D eigenvalue weighted by atomic mass is 9.73. The van der Waals surface area contributed by atoms with Gasteiger partial charge in [-0.05, 0) is 31.1 Å². The maximum Gasteiger partial charge on any atom is 0.240 e. The van der Waals surface area contributed by atoms with Gasteiger partial charge >= 0.3 is 0 Å². The first kappa shape index (κ1) is 14.0. The fourth-order valence-corrected chi connectivity index (χ4v) is 3.22. The lowest BCUT2D eigenvalue weighted by molar-refractivity contribution is 0.202. The Kier molecular flexibility index (Phi) is 4.08. The molecule has 5 nitrogen and oxygen atoms in total. The molecule has 3 rings (SSSR count). The van der Waals surface area contributed by atoms with Gasteiger partial charge in [-0.15, -0.1) is 0 Å². The van der Waals surface area contributed by atoms with Crippen molar-refractivity contribution in [1.82, 2.24) is 20.4 Å². The van der Waals surface area contributed by atoms with Crippen LogP contribution in [0.5, 0.6) is 0 Å². The van der Waals surface area contributed by atoms with Gasteiger partial charge in [-0.2, -0.15) is 4.98 Å². The molecule has 1 aliphatic carbocycles. The summed E-state index contributed by atoms with van der Waals surface area (Å²) in [4.78, 5) is 7.01. The van der Waals surface area contributed by atoms with Crippen LogP contribution in [0.3, 0.4) is 0 Å². The first-order valence-electron chi connectivity index (χ1n) is 7.88. The minimum atomic E-state index is 0.490. The summed E-state index contributed by atoms with van der Waals surface area (Å²) in [6, 6.07) is 0. The van der Waals surface area contributed by atoms with E-state index in [9.17, 15) is 0 Å². The molecule has 20 heavy (non-hydrogen) atoms. The summed E-state index contributed by atoms with van der Waals surface area (Å²) < 4.78 is 5.45. The number of nitrogens with zero attached hydrogens (tertiary/aromatic N) is 3. The zero-order valence-electron chi connectivity index (χ0n) is 12.7. The van der Waals surface area contributed by atoms with E-state index in [-0.39, 0.29) is 0 Å². The summed E-state index contributed by atoms with van der Waals surface area (Å²) in [6.07, 6.45) is 4.91. The third-order valence-corrected chi connectivity index (χ3v) is 4.76. The lowest BCUT2D eigenvalue weighted by Crippen LogP contribution is -2.42.